The van der Waals surface area contributed by atoms with Gasteiger partial charge in [-0.25, -0.2) is 27.9 Å². The van der Waals surface area contributed by atoms with Crippen LogP contribution >= 0.6 is 0 Å². The van der Waals surface area contributed by atoms with Crippen molar-refractivity contribution in [3.8, 4) is 11.5 Å². The Bertz CT molecular complexity index is 1350. The van der Waals surface area contributed by atoms with Crippen molar-refractivity contribution >= 4 is 39.3 Å². The lowest BCUT2D eigenvalue weighted by Gasteiger charge is -2.19. The molecule has 2 aromatic carbocycles. The summed E-state index contributed by atoms with van der Waals surface area (Å²) in [5.74, 6) is 0.583. The van der Waals surface area contributed by atoms with E-state index in [0.717, 1.165) is 0 Å². The fraction of sp³-hybridized carbons (Fsp3) is 0.217. The summed E-state index contributed by atoms with van der Waals surface area (Å²) in [5, 5.41) is 2.68. The number of aromatic nitrogens is 2. The Labute approximate surface area is 207 Å². The molecule has 0 saturated carbocycles. The van der Waals surface area contributed by atoms with Crippen LogP contribution in [0.2, 0.25) is 0 Å². The molecule has 0 radical (unpaired) electrons. The largest absolute Gasteiger partial charge is 0.493 e. The Morgan fingerprint density at radius 3 is 2.36 bits per heavy atom. The van der Waals surface area contributed by atoms with E-state index < -0.39 is 15.9 Å². The molecule has 0 spiro atoms. The molecular weight excluding hydrogens is 488 g/mol. The zero-order chi connectivity index (χ0) is 25.7. The van der Waals surface area contributed by atoms with Gasteiger partial charge in [0.1, 0.15) is 6.54 Å². The van der Waals surface area contributed by atoms with Crippen LogP contribution in [0.5, 0.6) is 11.5 Å². The van der Waals surface area contributed by atoms with Crippen LogP contribution in [0.4, 0.5) is 22.1 Å². The Balaban J connectivity index is 1.35. The van der Waals surface area contributed by atoms with Gasteiger partial charge in [-0.1, -0.05) is 0 Å². The Morgan fingerprint density at radius 2 is 1.69 bits per heavy atom. The molecule has 2 N–H and O–H groups in total. The molecule has 3 amide bonds. The van der Waals surface area contributed by atoms with Crippen molar-refractivity contribution in [2.45, 2.75) is 4.90 Å². The highest BCUT2D eigenvalue weighted by molar-refractivity contribution is 7.92. The topological polar surface area (TPSA) is 143 Å². The Morgan fingerprint density at radius 1 is 1.00 bits per heavy atom. The van der Waals surface area contributed by atoms with Crippen LogP contribution in [0.25, 0.3) is 0 Å². The SMILES string of the molecule is COc1ccc(N2CCN(CC(=O)Nc3ccc(S(=O)(=O)Nc4ncccn4)cc3)C2=O)cc1OC. The Kier molecular flexibility index (Phi) is 7.20. The quantitative estimate of drug-likeness (QED) is 0.444. The van der Waals surface area contributed by atoms with E-state index in [4.69, 9.17) is 9.47 Å². The summed E-state index contributed by atoms with van der Waals surface area (Å²) >= 11 is 0. The highest BCUT2D eigenvalue weighted by Gasteiger charge is 2.31. The van der Waals surface area contributed by atoms with Gasteiger partial charge in [0.15, 0.2) is 11.5 Å². The maximum absolute atomic E-state index is 12.9. The van der Waals surface area contributed by atoms with Crippen molar-refractivity contribution in [3.63, 3.8) is 0 Å². The molecule has 0 aliphatic carbocycles. The highest BCUT2D eigenvalue weighted by atomic mass is 32.2. The summed E-state index contributed by atoms with van der Waals surface area (Å²) in [6.45, 7) is 0.618. The molecule has 3 aromatic rings. The number of benzene rings is 2. The van der Waals surface area contributed by atoms with Crippen molar-refractivity contribution in [2.24, 2.45) is 0 Å². The second kappa shape index (κ2) is 10.5. The number of anilines is 3. The molecule has 12 nitrogen and oxygen atoms in total. The molecule has 0 atom stereocenters. The number of carbonyl (C=O) groups excluding carboxylic acids is 2. The summed E-state index contributed by atoms with van der Waals surface area (Å²) < 4.78 is 37.8. The molecule has 0 unspecified atom stereocenters. The Hall–Kier alpha value is -4.39. The third-order valence-electron chi connectivity index (χ3n) is 5.35. The molecule has 4 rings (SSSR count). The standard InChI is InChI=1S/C23H24N6O6S/c1-34-19-9-6-17(14-20(19)35-2)29-13-12-28(23(29)31)15-21(30)26-16-4-7-18(8-5-16)36(32,33)27-22-24-10-3-11-25-22/h3-11,14H,12-13,15H2,1-2H3,(H,26,30)(H,24,25,27). The highest BCUT2D eigenvalue weighted by Crippen LogP contribution is 2.32. The van der Waals surface area contributed by atoms with Gasteiger partial charge in [0, 0.05) is 42.9 Å². The number of amides is 3. The van der Waals surface area contributed by atoms with Gasteiger partial charge in [-0.05, 0) is 42.5 Å². The number of nitrogens with zero attached hydrogens (tertiary/aromatic N) is 4. The summed E-state index contributed by atoms with van der Waals surface area (Å²) in [5.41, 5.74) is 1.02. The maximum Gasteiger partial charge on any atom is 0.325 e. The van der Waals surface area contributed by atoms with Gasteiger partial charge in [-0.3, -0.25) is 9.69 Å². The normalized spacial score (nSPS) is 13.4. The lowest BCUT2D eigenvalue weighted by molar-refractivity contribution is -0.116. The molecule has 36 heavy (non-hydrogen) atoms. The van der Waals surface area contributed by atoms with Gasteiger partial charge in [-0.15, -0.1) is 0 Å². The van der Waals surface area contributed by atoms with Gasteiger partial charge >= 0.3 is 6.03 Å². The fourth-order valence-corrected chi connectivity index (χ4v) is 4.54. The minimum atomic E-state index is -3.89. The minimum Gasteiger partial charge on any atom is -0.493 e. The average Bonchev–Trinajstić information content (AvgIpc) is 3.23. The van der Waals surface area contributed by atoms with E-state index in [2.05, 4.69) is 20.0 Å². The second-order valence-electron chi connectivity index (χ2n) is 7.65. The van der Waals surface area contributed by atoms with Crippen LogP contribution in [0, 0.1) is 0 Å². The number of urea groups is 1. The van der Waals surface area contributed by atoms with Crippen molar-refractivity contribution < 1.29 is 27.5 Å². The van der Waals surface area contributed by atoms with E-state index in [1.54, 1.807) is 29.2 Å². The average molecular weight is 513 g/mol. The lowest BCUT2D eigenvalue weighted by Crippen LogP contribution is -2.37. The number of rotatable bonds is 9. The summed E-state index contributed by atoms with van der Waals surface area (Å²) in [6.07, 6.45) is 2.84. The maximum atomic E-state index is 12.9. The molecule has 1 saturated heterocycles. The third kappa shape index (κ3) is 5.46. The molecule has 1 aliphatic rings. The minimum absolute atomic E-state index is 0.0202. The van der Waals surface area contributed by atoms with Crippen molar-refractivity contribution in [1.29, 1.82) is 0 Å². The first-order valence-electron chi connectivity index (χ1n) is 10.8. The molecule has 0 bridgehead atoms. The van der Waals surface area contributed by atoms with E-state index in [1.807, 2.05) is 0 Å². The van der Waals surface area contributed by atoms with Crippen LogP contribution in [0.1, 0.15) is 0 Å². The first-order chi connectivity index (χ1) is 17.3. The second-order valence-corrected chi connectivity index (χ2v) is 9.33. The summed E-state index contributed by atoms with van der Waals surface area (Å²) in [6, 6.07) is 12.0. The molecule has 1 aliphatic heterocycles. The van der Waals surface area contributed by atoms with Crippen molar-refractivity contribution in [1.82, 2.24) is 14.9 Å². The van der Waals surface area contributed by atoms with Crippen molar-refractivity contribution in [2.75, 3.05) is 48.8 Å². The first-order valence-corrected chi connectivity index (χ1v) is 12.3. The van der Waals surface area contributed by atoms with Crippen molar-refractivity contribution in [3.05, 3.63) is 60.9 Å². The number of carbonyl (C=O) groups is 2. The molecule has 1 aromatic heterocycles. The predicted octanol–water partition coefficient (Wildman–Crippen LogP) is 2.18. The number of methoxy groups -OCH3 is 2. The van der Waals surface area contributed by atoms with Crippen LogP contribution in [-0.4, -0.2) is 69.1 Å². The van der Waals surface area contributed by atoms with Crippen LogP contribution in [0.15, 0.2) is 65.8 Å². The van der Waals surface area contributed by atoms with Gasteiger partial charge in [0.2, 0.25) is 11.9 Å². The van der Waals surface area contributed by atoms with Gasteiger partial charge in [0.05, 0.1) is 19.1 Å². The third-order valence-corrected chi connectivity index (χ3v) is 6.69. The zero-order valence-electron chi connectivity index (χ0n) is 19.5. The first kappa shape index (κ1) is 24.7. The van der Waals surface area contributed by atoms with E-state index in [1.165, 1.54) is 55.8 Å². The number of sulfonamides is 1. The molecular formula is C23H24N6O6S. The van der Waals surface area contributed by atoms with Crippen LogP contribution in [-0.2, 0) is 14.8 Å². The fourth-order valence-electron chi connectivity index (χ4n) is 3.58. The molecule has 2 heterocycles. The van der Waals surface area contributed by atoms with E-state index in [0.29, 0.717) is 36.0 Å². The van der Waals surface area contributed by atoms with Gasteiger partial charge in [-0.2, -0.15) is 0 Å². The predicted molar refractivity (Wildman–Crippen MR) is 132 cm³/mol. The number of nitrogens with one attached hydrogen (secondary N) is 2. The zero-order valence-corrected chi connectivity index (χ0v) is 20.4. The van der Waals surface area contributed by atoms with E-state index in [9.17, 15) is 18.0 Å². The summed E-state index contributed by atoms with van der Waals surface area (Å²) in [4.78, 5) is 36.1. The number of hydrogen-bond acceptors (Lipinski definition) is 8. The van der Waals surface area contributed by atoms with E-state index >= 15 is 0 Å². The smallest absolute Gasteiger partial charge is 0.325 e. The molecule has 13 heteroatoms. The van der Waals surface area contributed by atoms with Crippen LogP contribution in [0.3, 0.4) is 0 Å². The van der Waals surface area contributed by atoms with Gasteiger partial charge in [0.25, 0.3) is 10.0 Å². The lowest BCUT2D eigenvalue weighted by atomic mass is 10.2. The number of ether oxygens (including phenoxy) is 2. The summed E-state index contributed by atoms with van der Waals surface area (Å²) in [7, 11) is -0.846. The van der Waals surface area contributed by atoms with E-state index in [-0.39, 0.29) is 23.4 Å². The number of hydrogen-bond donors (Lipinski definition) is 2. The molecule has 1 fully saturated rings. The van der Waals surface area contributed by atoms with Gasteiger partial charge < -0.3 is 19.7 Å². The van der Waals surface area contributed by atoms with Crippen LogP contribution < -0.4 is 24.4 Å². The monoisotopic (exact) mass is 512 g/mol. The molecule has 188 valence electrons.